The second-order valence-electron chi connectivity index (χ2n) is 6.03. The van der Waals surface area contributed by atoms with E-state index in [9.17, 15) is 0 Å². The van der Waals surface area contributed by atoms with Gasteiger partial charge < -0.3 is 11.1 Å². The summed E-state index contributed by atoms with van der Waals surface area (Å²) in [4.78, 5) is 8.86. The van der Waals surface area contributed by atoms with E-state index in [-0.39, 0.29) is 0 Å². The number of nitrogen functional groups attached to an aromatic ring is 1. The van der Waals surface area contributed by atoms with Gasteiger partial charge in [0.1, 0.15) is 17.5 Å². The second kappa shape index (κ2) is 6.91. The molecule has 0 unspecified atom stereocenters. The summed E-state index contributed by atoms with van der Waals surface area (Å²) in [5.74, 6) is 4.08. The molecule has 20 heavy (non-hydrogen) atoms. The van der Waals surface area contributed by atoms with Crippen LogP contribution in [0, 0.1) is 18.8 Å². The Kier molecular flexibility index (Phi) is 5.21. The minimum absolute atomic E-state index is 0.606. The molecule has 1 aliphatic rings. The van der Waals surface area contributed by atoms with E-state index in [4.69, 9.17) is 5.73 Å². The van der Waals surface area contributed by atoms with Crippen LogP contribution in [0.1, 0.15) is 57.3 Å². The third kappa shape index (κ3) is 3.62. The smallest absolute Gasteiger partial charge is 0.134 e. The van der Waals surface area contributed by atoms with E-state index >= 15 is 0 Å². The van der Waals surface area contributed by atoms with Crippen LogP contribution in [0.15, 0.2) is 0 Å². The minimum atomic E-state index is 0.606. The highest BCUT2D eigenvalue weighted by molar-refractivity contribution is 5.54. The van der Waals surface area contributed by atoms with Gasteiger partial charge in [0.15, 0.2) is 0 Å². The summed E-state index contributed by atoms with van der Waals surface area (Å²) >= 11 is 0. The highest BCUT2D eigenvalue weighted by Crippen LogP contribution is 2.31. The maximum Gasteiger partial charge on any atom is 0.134 e. The van der Waals surface area contributed by atoms with Crippen LogP contribution in [0.25, 0.3) is 0 Å². The summed E-state index contributed by atoms with van der Waals surface area (Å²) < 4.78 is 0. The Hall–Kier alpha value is -1.32. The molecule has 0 aliphatic heterocycles. The molecule has 112 valence electrons. The SMILES string of the molecule is CCc1nc(N)c(C)c(NCC2CCC(CC)CC2)n1. The monoisotopic (exact) mass is 276 g/mol. The van der Waals surface area contributed by atoms with Gasteiger partial charge in [0.25, 0.3) is 0 Å². The van der Waals surface area contributed by atoms with E-state index in [2.05, 4.69) is 29.1 Å². The fourth-order valence-electron chi connectivity index (χ4n) is 3.00. The van der Waals surface area contributed by atoms with Crippen LogP contribution >= 0.6 is 0 Å². The number of anilines is 2. The van der Waals surface area contributed by atoms with E-state index in [1.807, 2.05) is 6.92 Å². The van der Waals surface area contributed by atoms with Crippen LogP contribution in [-0.4, -0.2) is 16.5 Å². The number of hydrogen-bond acceptors (Lipinski definition) is 4. The average Bonchev–Trinajstić information content (AvgIpc) is 2.49. The normalized spacial score (nSPS) is 22.8. The highest BCUT2D eigenvalue weighted by Gasteiger charge is 2.20. The molecule has 1 heterocycles. The Balaban J connectivity index is 1.92. The largest absolute Gasteiger partial charge is 0.383 e. The molecule has 3 N–H and O–H groups in total. The van der Waals surface area contributed by atoms with E-state index in [1.165, 1.54) is 32.1 Å². The van der Waals surface area contributed by atoms with E-state index < -0.39 is 0 Å². The summed E-state index contributed by atoms with van der Waals surface area (Å²) in [5, 5.41) is 3.50. The molecule has 1 aromatic heterocycles. The first-order valence-electron chi connectivity index (χ1n) is 8.00. The third-order valence-electron chi connectivity index (χ3n) is 4.65. The first-order chi connectivity index (χ1) is 9.63. The Morgan fingerprint density at radius 3 is 2.35 bits per heavy atom. The molecular formula is C16H28N4. The second-order valence-corrected chi connectivity index (χ2v) is 6.03. The molecule has 0 spiro atoms. The molecule has 0 bridgehead atoms. The van der Waals surface area contributed by atoms with Gasteiger partial charge in [0.05, 0.1) is 0 Å². The van der Waals surface area contributed by atoms with Crippen molar-refractivity contribution in [2.45, 2.75) is 59.3 Å². The average molecular weight is 276 g/mol. The lowest BCUT2D eigenvalue weighted by atomic mass is 9.81. The zero-order valence-corrected chi connectivity index (χ0v) is 13.1. The molecule has 0 amide bonds. The van der Waals surface area contributed by atoms with Crippen LogP contribution in [-0.2, 0) is 6.42 Å². The number of aryl methyl sites for hydroxylation is 1. The van der Waals surface area contributed by atoms with Crippen molar-refractivity contribution in [1.29, 1.82) is 0 Å². The van der Waals surface area contributed by atoms with Gasteiger partial charge in [-0.15, -0.1) is 0 Å². The zero-order chi connectivity index (χ0) is 14.5. The summed E-state index contributed by atoms with van der Waals surface area (Å²) in [6.07, 6.45) is 7.60. The molecule has 1 aromatic rings. The number of hydrogen-bond donors (Lipinski definition) is 2. The number of nitrogens with one attached hydrogen (secondary N) is 1. The van der Waals surface area contributed by atoms with Crippen LogP contribution in [0.5, 0.6) is 0 Å². The van der Waals surface area contributed by atoms with Crippen molar-refractivity contribution in [3.63, 3.8) is 0 Å². The molecule has 0 aromatic carbocycles. The van der Waals surface area contributed by atoms with Gasteiger partial charge in [-0.2, -0.15) is 0 Å². The first kappa shape index (κ1) is 15.1. The van der Waals surface area contributed by atoms with Crippen LogP contribution in [0.3, 0.4) is 0 Å². The molecule has 0 saturated heterocycles. The lowest BCUT2D eigenvalue weighted by Crippen LogP contribution is -2.22. The molecule has 1 fully saturated rings. The van der Waals surface area contributed by atoms with Crippen molar-refractivity contribution in [3.05, 3.63) is 11.4 Å². The summed E-state index contributed by atoms with van der Waals surface area (Å²) in [6.45, 7) is 7.37. The van der Waals surface area contributed by atoms with Gasteiger partial charge in [0, 0.05) is 18.5 Å². The van der Waals surface area contributed by atoms with Crippen molar-refractivity contribution < 1.29 is 0 Å². The minimum Gasteiger partial charge on any atom is -0.383 e. The first-order valence-corrected chi connectivity index (χ1v) is 8.00. The summed E-state index contributed by atoms with van der Waals surface area (Å²) in [7, 11) is 0. The standard InChI is InChI=1S/C16H28N4/c1-4-12-6-8-13(9-7-12)10-18-16-11(3)15(17)19-14(5-2)20-16/h12-13H,4-10H2,1-3H3,(H3,17,18,19,20). The third-order valence-corrected chi connectivity index (χ3v) is 4.65. The maximum atomic E-state index is 5.95. The molecule has 4 nitrogen and oxygen atoms in total. The van der Waals surface area contributed by atoms with Crippen molar-refractivity contribution in [3.8, 4) is 0 Å². The predicted molar refractivity (Wildman–Crippen MR) is 84.8 cm³/mol. The Morgan fingerprint density at radius 2 is 1.75 bits per heavy atom. The molecule has 0 radical (unpaired) electrons. The van der Waals surface area contributed by atoms with Crippen molar-refractivity contribution in [2.24, 2.45) is 11.8 Å². The molecule has 1 saturated carbocycles. The Bertz CT molecular complexity index is 436. The van der Waals surface area contributed by atoms with Crippen molar-refractivity contribution >= 4 is 11.6 Å². The van der Waals surface area contributed by atoms with Gasteiger partial charge in [-0.05, 0) is 31.6 Å². The van der Waals surface area contributed by atoms with Crippen LogP contribution in [0.4, 0.5) is 11.6 Å². The van der Waals surface area contributed by atoms with Gasteiger partial charge in [-0.25, -0.2) is 9.97 Å². The van der Waals surface area contributed by atoms with Crippen molar-refractivity contribution in [2.75, 3.05) is 17.6 Å². The molecule has 4 heteroatoms. The van der Waals surface area contributed by atoms with Gasteiger partial charge in [0.2, 0.25) is 0 Å². The lowest BCUT2D eigenvalue weighted by Gasteiger charge is -2.28. The van der Waals surface area contributed by atoms with Gasteiger partial charge in [-0.1, -0.05) is 33.1 Å². The molecule has 0 atom stereocenters. The summed E-state index contributed by atoms with van der Waals surface area (Å²) in [5.41, 5.74) is 6.93. The quantitative estimate of drug-likeness (QED) is 0.863. The van der Waals surface area contributed by atoms with Crippen LogP contribution < -0.4 is 11.1 Å². The van der Waals surface area contributed by atoms with E-state index in [0.29, 0.717) is 5.82 Å². The number of nitrogens with zero attached hydrogens (tertiary/aromatic N) is 2. The lowest BCUT2D eigenvalue weighted by molar-refractivity contribution is 0.278. The number of aromatic nitrogens is 2. The molecule has 2 rings (SSSR count). The topological polar surface area (TPSA) is 63.8 Å². The van der Waals surface area contributed by atoms with Gasteiger partial charge >= 0.3 is 0 Å². The Morgan fingerprint density at radius 1 is 1.10 bits per heavy atom. The highest BCUT2D eigenvalue weighted by atomic mass is 15.1. The molecule has 1 aliphatic carbocycles. The molecular weight excluding hydrogens is 248 g/mol. The Labute approximate surface area is 122 Å². The number of rotatable bonds is 5. The van der Waals surface area contributed by atoms with Crippen LogP contribution in [0.2, 0.25) is 0 Å². The fraction of sp³-hybridized carbons (Fsp3) is 0.750. The fourth-order valence-corrected chi connectivity index (χ4v) is 3.00. The van der Waals surface area contributed by atoms with Gasteiger partial charge in [-0.3, -0.25) is 0 Å². The zero-order valence-electron chi connectivity index (χ0n) is 13.1. The maximum absolute atomic E-state index is 5.95. The van der Waals surface area contributed by atoms with Crippen molar-refractivity contribution in [1.82, 2.24) is 9.97 Å². The van der Waals surface area contributed by atoms with E-state index in [1.54, 1.807) is 0 Å². The van der Waals surface area contributed by atoms with E-state index in [0.717, 1.165) is 42.0 Å². The summed E-state index contributed by atoms with van der Waals surface area (Å²) in [6, 6.07) is 0. The predicted octanol–water partition coefficient (Wildman–Crippen LogP) is 3.56. The number of nitrogens with two attached hydrogens (primary N) is 1.